The zero-order valence-corrected chi connectivity index (χ0v) is 18.2. The second-order valence-corrected chi connectivity index (χ2v) is 8.37. The van der Waals surface area contributed by atoms with E-state index in [9.17, 15) is 4.39 Å². The van der Waals surface area contributed by atoms with Crippen molar-refractivity contribution in [3.8, 4) is 0 Å². The molecule has 2 aromatic rings. The van der Waals surface area contributed by atoms with Gasteiger partial charge >= 0.3 is 0 Å². The Kier molecular flexibility index (Phi) is 5.79. The number of benzene rings is 2. The first-order valence-corrected chi connectivity index (χ1v) is 10.6. The third kappa shape index (κ3) is 4.19. The number of rotatable bonds is 4. The van der Waals surface area contributed by atoms with Crippen LogP contribution < -0.4 is 10.7 Å². The van der Waals surface area contributed by atoms with Crippen LogP contribution in [0.4, 0.5) is 15.8 Å². The van der Waals surface area contributed by atoms with Crippen molar-refractivity contribution in [3.63, 3.8) is 0 Å². The average Bonchev–Trinajstić information content (AvgIpc) is 2.79. The van der Waals surface area contributed by atoms with E-state index >= 15 is 0 Å². The molecule has 4 rings (SSSR count). The number of aliphatic imine (C=N–C) groups is 1. The van der Waals surface area contributed by atoms with Crippen LogP contribution in [0.5, 0.6) is 0 Å². The van der Waals surface area contributed by atoms with Gasteiger partial charge in [0.05, 0.1) is 17.1 Å². The maximum Gasteiger partial charge on any atom is 0.123 e. The highest BCUT2D eigenvalue weighted by Crippen LogP contribution is 2.45. The van der Waals surface area contributed by atoms with Gasteiger partial charge in [0.1, 0.15) is 5.82 Å². The summed E-state index contributed by atoms with van der Waals surface area (Å²) in [5.41, 5.74) is 12.1. The summed E-state index contributed by atoms with van der Waals surface area (Å²) in [6.07, 6.45) is 7.52. The molecule has 0 amide bonds. The first-order chi connectivity index (χ1) is 14.9. The van der Waals surface area contributed by atoms with E-state index in [0.717, 1.165) is 42.9 Å². The highest BCUT2D eigenvalue weighted by Gasteiger charge is 2.42. The maximum atomic E-state index is 13.3. The van der Waals surface area contributed by atoms with Crippen LogP contribution in [0.2, 0.25) is 0 Å². The Morgan fingerprint density at radius 2 is 2.00 bits per heavy atom. The van der Waals surface area contributed by atoms with Crippen LogP contribution in [0, 0.1) is 18.2 Å². The molecule has 0 aromatic heterocycles. The van der Waals surface area contributed by atoms with Gasteiger partial charge in [0, 0.05) is 25.6 Å². The van der Waals surface area contributed by atoms with Gasteiger partial charge in [-0.05, 0) is 79.6 Å². The molecule has 1 saturated heterocycles. The van der Waals surface area contributed by atoms with Crippen molar-refractivity contribution in [3.05, 3.63) is 96.0 Å². The van der Waals surface area contributed by atoms with Crippen LogP contribution in [0.15, 0.2) is 89.6 Å². The van der Waals surface area contributed by atoms with Crippen LogP contribution in [0.1, 0.15) is 18.4 Å². The number of halogens is 1. The molecule has 2 aromatic carbocycles. The van der Waals surface area contributed by atoms with E-state index in [1.807, 2.05) is 0 Å². The Bertz CT molecular complexity index is 1070. The summed E-state index contributed by atoms with van der Waals surface area (Å²) < 4.78 is 13.3. The van der Waals surface area contributed by atoms with E-state index in [1.165, 1.54) is 29.0 Å². The highest BCUT2D eigenvalue weighted by atomic mass is 19.1. The predicted molar refractivity (Wildman–Crippen MR) is 127 cm³/mol. The second-order valence-electron chi connectivity index (χ2n) is 8.37. The van der Waals surface area contributed by atoms with Crippen molar-refractivity contribution in [2.24, 2.45) is 16.1 Å². The molecule has 2 N–H and O–H groups in total. The van der Waals surface area contributed by atoms with Gasteiger partial charge in [-0.2, -0.15) is 0 Å². The van der Waals surface area contributed by atoms with Crippen LogP contribution >= 0.6 is 0 Å². The molecule has 0 saturated carbocycles. The van der Waals surface area contributed by atoms with Crippen molar-refractivity contribution >= 4 is 17.1 Å². The van der Waals surface area contributed by atoms with Gasteiger partial charge in [0.2, 0.25) is 0 Å². The molecule has 160 valence electrons. The maximum absolute atomic E-state index is 13.3. The number of nitrogens with zero attached hydrogens (tertiary/aromatic N) is 3. The van der Waals surface area contributed by atoms with Crippen LogP contribution in [-0.2, 0) is 0 Å². The van der Waals surface area contributed by atoms with Crippen molar-refractivity contribution in [1.82, 2.24) is 5.01 Å². The summed E-state index contributed by atoms with van der Waals surface area (Å²) in [6, 6.07) is 14.8. The third-order valence-electron chi connectivity index (χ3n) is 6.36. The molecule has 0 bridgehead atoms. The van der Waals surface area contributed by atoms with Crippen molar-refractivity contribution in [1.29, 1.82) is 0 Å². The van der Waals surface area contributed by atoms with Crippen molar-refractivity contribution in [2.45, 2.75) is 19.8 Å². The zero-order valence-electron chi connectivity index (χ0n) is 18.2. The van der Waals surface area contributed by atoms with Gasteiger partial charge in [0.15, 0.2) is 0 Å². The van der Waals surface area contributed by atoms with Crippen LogP contribution in [0.3, 0.4) is 0 Å². The minimum Gasteiger partial charge on any atom is -0.404 e. The van der Waals surface area contributed by atoms with Gasteiger partial charge in [-0.15, -0.1) is 6.58 Å². The largest absolute Gasteiger partial charge is 0.404 e. The summed E-state index contributed by atoms with van der Waals surface area (Å²) in [5.74, 6) is -0.267. The number of nitrogens with two attached hydrogens (primary N) is 1. The Balaban J connectivity index is 1.65. The molecule has 1 aliphatic carbocycles. The number of allylic oxidation sites excluding steroid dienone is 2. The van der Waals surface area contributed by atoms with E-state index in [2.05, 4.69) is 67.0 Å². The first-order valence-electron chi connectivity index (χ1n) is 10.6. The van der Waals surface area contributed by atoms with Gasteiger partial charge in [-0.25, -0.2) is 14.4 Å². The molecule has 4 nitrogen and oxygen atoms in total. The first kappa shape index (κ1) is 21.1. The normalized spacial score (nSPS) is 24.0. The molecule has 0 radical (unpaired) electrons. The summed E-state index contributed by atoms with van der Waals surface area (Å²) in [5, 5.41) is 4.62. The Hall–Kier alpha value is -3.18. The lowest BCUT2D eigenvalue weighted by Gasteiger charge is -2.48. The Labute approximate surface area is 183 Å². The van der Waals surface area contributed by atoms with Crippen LogP contribution in [0.25, 0.3) is 0 Å². The lowest BCUT2D eigenvalue weighted by Crippen LogP contribution is -2.52. The monoisotopic (exact) mass is 416 g/mol. The molecule has 2 aliphatic rings. The summed E-state index contributed by atoms with van der Waals surface area (Å²) in [7, 11) is 2.12. The molecule has 0 spiro atoms. The molecule has 31 heavy (non-hydrogen) atoms. The fourth-order valence-corrected chi connectivity index (χ4v) is 4.50. The number of hydrogen-bond acceptors (Lipinski definition) is 4. The van der Waals surface area contributed by atoms with Gasteiger partial charge in [-0.3, -0.25) is 0 Å². The quantitative estimate of drug-likeness (QED) is 0.687. The Morgan fingerprint density at radius 3 is 2.68 bits per heavy atom. The SMILES string of the molecule is C=CC12CC(=CN)C(=Nc3ccc(F)cc3)C=C1CCN(N(C)c1cccc(C)c1)C2. The topological polar surface area (TPSA) is 44.9 Å². The molecular weight excluding hydrogens is 387 g/mol. The number of fused-ring (bicyclic) bond motifs is 1. The van der Waals surface area contributed by atoms with Gasteiger partial charge < -0.3 is 10.7 Å². The number of anilines is 1. The molecule has 1 atom stereocenters. The van der Waals surface area contributed by atoms with E-state index in [4.69, 9.17) is 10.7 Å². The molecule has 1 heterocycles. The minimum absolute atomic E-state index is 0.191. The molecular formula is C26H29FN4. The molecule has 1 aliphatic heterocycles. The predicted octanol–water partition coefficient (Wildman–Crippen LogP) is 5.31. The van der Waals surface area contributed by atoms with Gasteiger partial charge in [-0.1, -0.05) is 23.8 Å². The number of hydrogen-bond donors (Lipinski definition) is 1. The van der Waals surface area contributed by atoms with Crippen molar-refractivity contribution in [2.75, 3.05) is 25.1 Å². The lowest BCUT2D eigenvalue weighted by atomic mass is 9.67. The van der Waals surface area contributed by atoms with E-state index < -0.39 is 0 Å². The third-order valence-corrected chi connectivity index (χ3v) is 6.36. The standard InChI is InChI=1S/C26H29FN4/c1-4-26-16-20(17-28)25(29-23-10-8-22(27)9-11-23)15-21(26)12-13-31(18-26)30(3)24-7-5-6-19(2)14-24/h4-11,14-15,17H,1,12-13,16,18,28H2,2-3H3. The second kappa shape index (κ2) is 8.52. The van der Waals surface area contributed by atoms with Crippen LogP contribution in [-0.4, -0.2) is 30.9 Å². The average molecular weight is 417 g/mol. The van der Waals surface area contributed by atoms with Gasteiger partial charge in [0.25, 0.3) is 0 Å². The lowest BCUT2D eigenvalue weighted by molar-refractivity contribution is 0.165. The molecule has 1 unspecified atom stereocenters. The molecule has 5 heteroatoms. The number of piperidine rings is 1. The van der Waals surface area contributed by atoms with E-state index in [-0.39, 0.29) is 11.2 Å². The number of aryl methyl sites for hydroxylation is 1. The summed E-state index contributed by atoms with van der Waals surface area (Å²) >= 11 is 0. The summed E-state index contributed by atoms with van der Waals surface area (Å²) in [4.78, 5) is 4.75. The smallest absolute Gasteiger partial charge is 0.123 e. The van der Waals surface area contributed by atoms with E-state index in [1.54, 1.807) is 18.3 Å². The molecule has 1 fully saturated rings. The summed E-state index contributed by atoms with van der Waals surface area (Å²) in [6.45, 7) is 8.05. The fourth-order valence-electron chi connectivity index (χ4n) is 4.50. The highest BCUT2D eigenvalue weighted by molar-refractivity contribution is 6.11. The minimum atomic E-state index is -0.267. The van der Waals surface area contributed by atoms with E-state index in [0.29, 0.717) is 0 Å². The zero-order chi connectivity index (χ0) is 22.0. The Morgan fingerprint density at radius 1 is 1.23 bits per heavy atom. The number of hydrazine groups is 1. The fraction of sp³-hybridized carbons (Fsp3) is 0.269. The van der Waals surface area contributed by atoms with Crippen molar-refractivity contribution < 1.29 is 4.39 Å².